The van der Waals surface area contributed by atoms with Crippen molar-refractivity contribution in [3.63, 3.8) is 0 Å². The van der Waals surface area contributed by atoms with Crippen molar-refractivity contribution < 1.29 is 22.3 Å². The van der Waals surface area contributed by atoms with Crippen LogP contribution in [0.5, 0.6) is 5.75 Å². The van der Waals surface area contributed by atoms with Crippen LogP contribution in [0.1, 0.15) is 11.3 Å². The third-order valence-corrected chi connectivity index (χ3v) is 2.92. The molecule has 0 amide bonds. The van der Waals surface area contributed by atoms with Gasteiger partial charge in [-0.1, -0.05) is 0 Å². The number of nitrogens with two attached hydrogens (primary N) is 1. The maximum Gasteiger partial charge on any atom is 0.418 e. The van der Waals surface area contributed by atoms with Gasteiger partial charge in [0, 0.05) is 12.6 Å². The number of ether oxygens (including phenoxy) is 1. The summed E-state index contributed by atoms with van der Waals surface area (Å²) in [5.74, 6) is -0.616. The molecule has 1 aromatic heterocycles. The van der Waals surface area contributed by atoms with Gasteiger partial charge in [-0.25, -0.2) is 4.39 Å². The first-order valence-electron chi connectivity index (χ1n) is 6.22. The van der Waals surface area contributed by atoms with Crippen LogP contribution in [0.4, 0.5) is 28.9 Å². The van der Waals surface area contributed by atoms with Crippen LogP contribution in [0, 0.1) is 5.82 Å². The molecule has 118 valence electrons. The molecule has 8 heteroatoms. The molecule has 0 saturated carbocycles. The number of hydrogen-bond donors (Lipinski definition) is 2. The highest BCUT2D eigenvalue weighted by Crippen LogP contribution is 2.38. The minimum atomic E-state index is -4.58. The number of methoxy groups -OCH3 is 1. The molecule has 0 unspecified atom stereocenters. The van der Waals surface area contributed by atoms with Gasteiger partial charge in [0.1, 0.15) is 11.6 Å². The zero-order chi connectivity index (χ0) is 16.3. The SMILES string of the molecule is COc1ccc(Nc2cnc(CN)c(F)c2)c(C(F)(F)F)c1. The lowest BCUT2D eigenvalue weighted by Gasteiger charge is -2.16. The van der Waals surface area contributed by atoms with E-state index in [1.807, 2.05) is 0 Å². The van der Waals surface area contributed by atoms with Gasteiger partial charge in [0.05, 0.1) is 35.9 Å². The molecule has 2 aromatic rings. The van der Waals surface area contributed by atoms with E-state index in [4.69, 9.17) is 10.5 Å². The van der Waals surface area contributed by atoms with Gasteiger partial charge in [-0.2, -0.15) is 13.2 Å². The lowest BCUT2D eigenvalue weighted by atomic mass is 10.1. The maximum atomic E-state index is 13.6. The average molecular weight is 315 g/mol. The molecule has 0 radical (unpaired) electrons. The van der Waals surface area contributed by atoms with E-state index in [0.29, 0.717) is 0 Å². The number of aromatic nitrogens is 1. The molecule has 0 aliphatic carbocycles. The topological polar surface area (TPSA) is 60.2 Å². The minimum Gasteiger partial charge on any atom is -0.497 e. The Hall–Kier alpha value is -2.35. The molecule has 0 saturated heterocycles. The highest BCUT2D eigenvalue weighted by molar-refractivity contribution is 5.64. The van der Waals surface area contributed by atoms with Crippen LogP contribution in [0.3, 0.4) is 0 Å². The standard InChI is InChI=1S/C14H13F4N3O/c1-22-9-2-3-12(10(5-9)14(16,17)18)21-8-4-11(15)13(6-19)20-7-8/h2-5,7,21H,6,19H2,1H3. The van der Waals surface area contributed by atoms with Crippen molar-refractivity contribution in [3.05, 3.63) is 47.5 Å². The van der Waals surface area contributed by atoms with Crippen molar-refractivity contribution in [1.29, 1.82) is 0 Å². The van der Waals surface area contributed by atoms with E-state index >= 15 is 0 Å². The van der Waals surface area contributed by atoms with Crippen LogP contribution >= 0.6 is 0 Å². The van der Waals surface area contributed by atoms with Gasteiger partial charge in [0.2, 0.25) is 0 Å². The Bertz CT molecular complexity index is 674. The molecule has 1 aromatic carbocycles. The van der Waals surface area contributed by atoms with E-state index in [0.717, 1.165) is 12.1 Å². The number of halogens is 4. The van der Waals surface area contributed by atoms with E-state index in [9.17, 15) is 17.6 Å². The number of nitrogens with one attached hydrogen (secondary N) is 1. The summed E-state index contributed by atoms with van der Waals surface area (Å²) in [4.78, 5) is 3.75. The second kappa shape index (κ2) is 6.18. The van der Waals surface area contributed by atoms with Gasteiger partial charge in [-0.15, -0.1) is 0 Å². The molecule has 0 spiro atoms. The Morgan fingerprint density at radius 3 is 2.55 bits per heavy atom. The largest absolute Gasteiger partial charge is 0.497 e. The number of pyridine rings is 1. The molecule has 3 N–H and O–H groups in total. The van der Waals surface area contributed by atoms with Gasteiger partial charge in [-0.05, 0) is 18.2 Å². The summed E-state index contributed by atoms with van der Waals surface area (Å²) >= 11 is 0. The summed E-state index contributed by atoms with van der Waals surface area (Å²) in [5.41, 5.74) is 4.26. The smallest absolute Gasteiger partial charge is 0.418 e. The number of rotatable bonds is 4. The van der Waals surface area contributed by atoms with E-state index in [1.165, 1.54) is 25.4 Å². The molecule has 0 aliphatic heterocycles. The molecule has 1 heterocycles. The van der Waals surface area contributed by atoms with Crippen LogP contribution in [-0.2, 0) is 12.7 Å². The van der Waals surface area contributed by atoms with Crippen molar-refractivity contribution in [1.82, 2.24) is 4.98 Å². The molecule has 0 fully saturated rings. The molecule has 22 heavy (non-hydrogen) atoms. The molecule has 0 atom stereocenters. The third-order valence-electron chi connectivity index (χ3n) is 2.92. The van der Waals surface area contributed by atoms with E-state index in [1.54, 1.807) is 0 Å². The van der Waals surface area contributed by atoms with Crippen molar-refractivity contribution in [2.45, 2.75) is 12.7 Å². The van der Waals surface area contributed by atoms with Gasteiger partial charge < -0.3 is 15.8 Å². The first-order chi connectivity index (χ1) is 10.3. The predicted molar refractivity (Wildman–Crippen MR) is 73.4 cm³/mol. The first-order valence-corrected chi connectivity index (χ1v) is 6.22. The summed E-state index contributed by atoms with van der Waals surface area (Å²) in [6, 6.07) is 4.48. The van der Waals surface area contributed by atoms with Crippen molar-refractivity contribution >= 4 is 11.4 Å². The molecule has 0 aliphatic rings. The van der Waals surface area contributed by atoms with Gasteiger partial charge >= 0.3 is 6.18 Å². The Morgan fingerprint density at radius 1 is 1.27 bits per heavy atom. The number of benzene rings is 1. The monoisotopic (exact) mass is 315 g/mol. The van der Waals surface area contributed by atoms with Crippen LogP contribution in [0.15, 0.2) is 30.5 Å². The summed E-state index contributed by atoms with van der Waals surface area (Å²) in [6.45, 7) is -0.0948. The van der Waals surface area contributed by atoms with E-state index in [-0.39, 0.29) is 29.4 Å². The summed E-state index contributed by atoms with van der Waals surface area (Å²) in [6.07, 6.45) is -3.37. The summed E-state index contributed by atoms with van der Waals surface area (Å²) in [5, 5.41) is 2.50. The second-order valence-electron chi connectivity index (χ2n) is 4.39. The van der Waals surface area contributed by atoms with Crippen molar-refractivity contribution in [3.8, 4) is 5.75 Å². The number of nitrogens with zero attached hydrogens (tertiary/aromatic N) is 1. The third kappa shape index (κ3) is 3.45. The van der Waals surface area contributed by atoms with E-state index in [2.05, 4.69) is 10.3 Å². The Balaban J connectivity index is 2.38. The molecule has 4 nitrogen and oxygen atoms in total. The summed E-state index contributed by atoms with van der Waals surface area (Å²) in [7, 11) is 1.27. The molecule has 0 bridgehead atoms. The van der Waals surface area contributed by atoms with Gasteiger partial charge in [0.15, 0.2) is 0 Å². The molecular weight excluding hydrogens is 302 g/mol. The van der Waals surface area contributed by atoms with Crippen LogP contribution < -0.4 is 15.8 Å². The molecular formula is C14H13F4N3O. The fourth-order valence-corrected chi connectivity index (χ4v) is 1.83. The van der Waals surface area contributed by atoms with E-state index < -0.39 is 17.6 Å². The Morgan fingerprint density at radius 2 is 2.00 bits per heavy atom. The fraction of sp³-hybridized carbons (Fsp3) is 0.214. The highest BCUT2D eigenvalue weighted by atomic mass is 19.4. The van der Waals surface area contributed by atoms with Crippen LogP contribution in [0.25, 0.3) is 0 Å². The zero-order valence-electron chi connectivity index (χ0n) is 11.5. The number of anilines is 2. The van der Waals surface area contributed by atoms with Gasteiger partial charge in [-0.3, -0.25) is 4.98 Å². The van der Waals surface area contributed by atoms with Crippen LogP contribution in [-0.4, -0.2) is 12.1 Å². The van der Waals surface area contributed by atoms with Crippen molar-refractivity contribution in [2.75, 3.05) is 12.4 Å². The quantitative estimate of drug-likeness (QED) is 0.849. The van der Waals surface area contributed by atoms with Crippen LogP contribution in [0.2, 0.25) is 0 Å². The Labute approximate surface area is 123 Å². The average Bonchev–Trinajstić information content (AvgIpc) is 2.47. The maximum absolute atomic E-state index is 13.6. The fourth-order valence-electron chi connectivity index (χ4n) is 1.83. The number of alkyl halides is 3. The molecule has 2 rings (SSSR count). The lowest BCUT2D eigenvalue weighted by molar-refractivity contribution is -0.137. The normalized spacial score (nSPS) is 11.4. The predicted octanol–water partition coefficient (Wildman–Crippen LogP) is 3.45. The van der Waals surface area contributed by atoms with Gasteiger partial charge in [0.25, 0.3) is 0 Å². The zero-order valence-corrected chi connectivity index (χ0v) is 11.5. The first kappa shape index (κ1) is 16.0. The Kier molecular flexibility index (Phi) is 4.51. The number of hydrogen-bond acceptors (Lipinski definition) is 4. The second-order valence-corrected chi connectivity index (χ2v) is 4.39. The summed E-state index contributed by atoms with van der Waals surface area (Å²) < 4.78 is 57.6. The van der Waals surface area contributed by atoms with Crippen molar-refractivity contribution in [2.24, 2.45) is 5.73 Å². The lowest BCUT2D eigenvalue weighted by Crippen LogP contribution is -2.10. The highest BCUT2D eigenvalue weighted by Gasteiger charge is 2.34. The minimum absolute atomic E-state index is 0.0383.